The van der Waals surface area contributed by atoms with Gasteiger partial charge in [0.25, 0.3) is 6.43 Å². The predicted octanol–water partition coefficient (Wildman–Crippen LogP) is 0.965. The lowest BCUT2D eigenvalue weighted by Crippen LogP contribution is -2.04. The minimum absolute atomic E-state index is 0.111. The van der Waals surface area contributed by atoms with Gasteiger partial charge in [-0.25, -0.2) is 13.8 Å². The van der Waals surface area contributed by atoms with Crippen LogP contribution < -0.4 is 5.73 Å². The molecule has 0 fully saturated rings. The van der Waals surface area contributed by atoms with Crippen LogP contribution in [0.15, 0.2) is 6.07 Å². The number of aliphatic hydroxyl groups excluding tert-OH is 1. The Kier molecular flexibility index (Phi) is 2.94. The molecule has 1 heterocycles. The van der Waals surface area contributed by atoms with E-state index in [4.69, 9.17) is 16.1 Å². The van der Waals surface area contributed by atoms with E-state index in [0.29, 0.717) is 0 Å². The van der Waals surface area contributed by atoms with Gasteiger partial charge in [0.1, 0.15) is 6.07 Å². The summed E-state index contributed by atoms with van der Waals surface area (Å²) in [6.45, 7) is -0.644. The molecule has 0 aromatic carbocycles. The Morgan fingerprint density at radius 3 is 2.71 bits per heavy atom. The van der Waals surface area contributed by atoms with Crippen LogP contribution in [0.5, 0.6) is 0 Å². The number of hydrogen-bond acceptors (Lipinski definition) is 4. The second kappa shape index (κ2) is 3.98. The van der Waals surface area contributed by atoms with Crippen LogP contribution in [-0.2, 0) is 6.61 Å². The summed E-state index contributed by atoms with van der Waals surface area (Å²) in [5.74, 6) is 0. The quantitative estimate of drug-likeness (QED) is 0.743. The summed E-state index contributed by atoms with van der Waals surface area (Å²) >= 11 is 0. The predicted molar refractivity (Wildman–Crippen MR) is 44.2 cm³/mol. The second-order valence-electron chi connectivity index (χ2n) is 2.53. The molecule has 0 spiro atoms. The highest BCUT2D eigenvalue weighted by Gasteiger charge is 2.16. The van der Waals surface area contributed by atoms with E-state index in [9.17, 15) is 8.78 Å². The van der Waals surface area contributed by atoms with Gasteiger partial charge in [-0.3, -0.25) is 0 Å². The summed E-state index contributed by atoms with van der Waals surface area (Å²) in [5.41, 5.74) is 4.37. The third-order valence-corrected chi connectivity index (χ3v) is 1.66. The number of alkyl halides is 2. The van der Waals surface area contributed by atoms with Gasteiger partial charge in [-0.2, -0.15) is 5.26 Å². The normalized spacial score (nSPS) is 10.2. The van der Waals surface area contributed by atoms with Crippen LogP contribution >= 0.6 is 0 Å². The topological polar surface area (TPSA) is 82.9 Å². The number of halogens is 2. The molecule has 4 nitrogen and oxygen atoms in total. The van der Waals surface area contributed by atoms with Crippen molar-refractivity contribution in [2.24, 2.45) is 0 Å². The zero-order valence-electron chi connectivity index (χ0n) is 7.04. The van der Waals surface area contributed by atoms with Crippen LogP contribution in [-0.4, -0.2) is 10.1 Å². The van der Waals surface area contributed by atoms with Crippen LogP contribution in [0.4, 0.5) is 14.5 Å². The molecule has 0 atom stereocenters. The fourth-order valence-corrected chi connectivity index (χ4v) is 0.988. The number of aromatic nitrogens is 1. The Labute approximate surface area is 78.6 Å². The van der Waals surface area contributed by atoms with E-state index < -0.39 is 18.6 Å². The molecule has 0 radical (unpaired) electrons. The third kappa shape index (κ3) is 1.78. The Balaban J connectivity index is 3.33. The van der Waals surface area contributed by atoms with Crippen molar-refractivity contribution in [1.29, 1.82) is 5.26 Å². The fraction of sp³-hybridized carbons (Fsp3) is 0.250. The molecule has 0 saturated heterocycles. The first-order valence-corrected chi connectivity index (χ1v) is 3.68. The highest BCUT2D eigenvalue weighted by atomic mass is 19.3. The van der Waals surface area contributed by atoms with Crippen molar-refractivity contribution in [2.45, 2.75) is 13.0 Å². The van der Waals surface area contributed by atoms with Gasteiger partial charge in [-0.05, 0) is 6.07 Å². The first-order chi connectivity index (χ1) is 6.60. The van der Waals surface area contributed by atoms with Crippen LogP contribution in [0.3, 0.4) is 0 Å². The lowest BCUT2D eigenvalue weighted by Gasteiger charge is -2.07. The summed E-state index contributed by atoms with van der Waals surface area (Å²) in [6, 6.07) is 2.60. The molecule has 0 amide bonds. The SMILES string of the molecule is N#Cc1nc(CO)c(C(F)F)cc1N. The van der Waals surface area contributed by atoms with Gasteiger partial charge in [0.15, 0.2) is 5.69 Å². The highest BCUT2D eigenvalue weighted by molar-refractivity contribution is 5.52. The van der Waals surface area contributed by atoms with Crippen LogP contribution in [0.2, 0.25) is 0 Å². The lowest BCUT2D eigenvalue weighted by molar-refractivity contribution is 0.146. The number of nitrogens with two attached hydrogens (primary N) is 1. The first-order valence-electron chi connectivity index (χ1n) is 3.68. The van der Waals surface area contributed by atoms with Gasteiger partial charge in [0.2, 0.25) is 0 Å². The third-order valence-electron chi connectivity index (χ3n) is 1.66. The zero-order chi connectivity index (χ0) is 10.7. The molecule has 0 aliphatic rings. The molecule has 14 heavy (non-hydrogen) atoms. The summed E-state index contributed by atoms with van der Waals surface area (Å²) in [4.78, 5) is 3.51. The van der Waals surface area contributed by atoms with E-state index in [-0.39, 0.29) is 17.1 Å². The average molecular weight is 199 g/mol. The van der Waals surface area contributed by atoms with E-state index in [0.717, 1.165) is 6.07 Å². The molecule has 3 N–H and O–H groups in total. The van der Waals surface area contributed by atoms with Crippen molar-refractivity contribution in [3.63, 3.8) is 0 Å². The number of anilines is 1. The minimum atomic E-state index is -2.76. The van der Waals surface area contributed by atoms with Gasteiger partial charge in [0.05, 0.1) is 18.0 Å². The average Bonchev–Trinajstić information content (AvgIpc) is 2.17. The Bertz CT molecular complexity index is 387. The van der Waals surface area contributed by atoms with E-state index >= 15 is 0 Å². The summed E-state index contributed by atoms with van der Waals surface area (Å²) in [5, 5.41) is 17.2. The van der Waals surface area contributed by atoms with Crippen molar-refractivity contribution in [3.05, 3.63) is 23.0 Å². The maximum absolute atomic E-state index is 12.3. The molecule has 6 heteroatoms. The number of rotatable bonds is 2. The number of nitriles is 1. The molecule has 1 rings (SSSR count). The Morgan fingerprint density at radius 1 is 1.64 bits per heavy atom. The van der Waals surface area contributed by atoms with Crippen LogP contribution in [0, 0.1) is 11.3 Å². The van der Waals surface area contributed by atoms with Gasteiger partial charge in [-0.15, -0.1) is 0 Å². The molecule has 0 saturated carbocycles. The molecule has 0 aliphatic heterocycles. The van der Waals surface area contributed by atoms with Gasteiger partial charge >= 0.3 is 0 Å². The number of nitrogens with zero attached hydrogens (tertiary/aromatic N) is 2. The van der Waals surface area contributed by atoms with E-state index in [1.54, 1.807) is 6.07 Å². The van der Waals surface area contributed by atoms with Crippen molar-refractivity contribution in [1.82, 2.24) is 4.98 Å². The maximum atomic E-state index is 12.3. The van der Waals surface area contributed by atoms with Crippen molar-refractivity contribution < 1.29 is 13.9 Å². The maximum Gasteiger partial charge on any atom is 0.265 e. The highest BCUT2D eigenvalue weighted by Crippen LogP contribution is 2.25. The van der Waals surface area contributed by atoms with E-state index in [2.05, 4.69) is 4.98 Å². The number of pyridine rings is 1. The molecule has 0 unspecified atom stereocenters. The Morgan fingerprint density at radius 2 is 2.29 bits per heavy atom. The fourth-order valence-electron chi connectivity index (χ4n) is 0.988. The van der Waals surface area contributed by atoms with Gasteiger partial charge in [-0.1, -0.05) is 0 Å². The first kappa shape index (κ1) is 10.3. The minimum Gasteiger partial charge on any atom is -0.396 e. The smallest absolute Gasteiger partial charge is 0.265 e. The number of hydrogen-bond donors (Lipinski definition) is 2. The molecule has 0 bridgehead atoms. The zero-order valence-corrected chi connectivity index (χ0v) is 7.04. The second-order valence-corrected chi connectivity index (χ2v) is 2.53. The van der Waals surface area contributed by atoms with Gasteiger partial charge < -0.3 is 10.8 Å². The molecule has 1 aromatic heterocycles. The number of nitrogen functional groups attached to an aromatic ring is 1. The van der Waals surface area contributed by atoms with E-state index in [1.165, 1.54) is 0 Å². The molecular weight excluding hydrogens is 192 g/mol. The molecule has 0 aliphatic carbocycles. The standard InChI is InChI=1S/C8H7F2N3O/c9-8(10)4-1-5(12)6(2-11)13-7(4)3-14/h1,8,14H,3,12H2. The van der Waals surface area contributed by atoms with Crippen molar-refractivity contribution >= 4 is 5.69 Å². The largest absolute Gasteiger partial charge is 0.396 e. The molecular formula is C8H7F2N3O. The number of aliphatic hydroxyl groups is 1. The van der Waals surface area contributed by atoms with E-state index in [1.807, 2.05) is 0 Å². The van der Waals surface area contributed by atoms with Crippen LogP contribution in [0.25, 0.3) is 0 Å². The van der Waals surface area contributed by atoms with Crippen LogP contribution in [0.1, 0.15) is 23.4 Å². The monoisotopic (exact) mass is 199 g/mol. The summed E-state index contributed by atoms with van der Waals surface area (Å²) in [6.07, 6.45) is -2.76. The van der Waals surface area contributed by atoms with Gasteiger partial charge in [0, 0.05) is 5.56 Å². The molecule has 74 valence electrons. The van der Waals surface area contributed by atoms with Crippen molar-refractivity contribution in [3.8, 4) is 6.07 Å². The lowest BCUT2D eigenvalue weighted by atomic mass is 10.1. The van der Waals surface area contributed by atoms with Crippen molar-refractivity contribution in [2.75, 3.05) is 5.73 Å². The summed E-state index contributed by atoms with van der Waals surface area (Å²) in [7, 11) is 0. The summed E-state index contributed by atoms with van der Waals surface area (Å²) < 4.78 is 24.7. The molecule has 1 aromatic rings. The Hall–Kier alpha value is -1.74.